The van der Waals surface area contributed by atoms with Crippen LogP contribution in [0.5, 0.6) is 0 Å². The molecule has 47 heavy (non-hydrogen) atoms. The van der Waals surface area contributed by atoms with E-state index >= 15 is 0 Å². The van der Waals surface area contributed by atoms with Gasteiger partial charge in [0.05, 0.1) is 0 Å². The van der Waals surface area contributed by atoms with Crippen molar-refractivity contribution in [1.82, 2.24) is 0 Å². The molecule has 0 aliphatic carbocycles. The average Bonchev–Trinajstić information content (AvgIpc) is 3.04. The Morgan fingerprint density at radius 2 is 1.17 bits per heavy atom. The number of anilines is 1. The molecule has 0 unspecified atom stereocenters. The molecule has 0 bridgehead atoms. The van der Waals surface area contributed by atoms with Crippen LogP contribution < -0.4 is 9.32 Å². The molecule has 0 saturated carbocycles. The van der Waals surface area contributed by atoms with Crippen molar-refractivity contribution in [1.29, 1.82) is 0 Å². The van der Waals surface area contributed by atoms with E-state index in [-0.39, 0.29) is 0 Å². The van der Waals surface area contributed by atoms with Crippen LogP contribution in [0.2, 0.25) is 0 Å². The Morgan fingerprint density at radius 1 is 0.681 bits per heavy atom. The first-order valence-corrected chi connectivity index (χ1v) is 18.7. The number of allylic oxidation sites excluding steroid dienone is 2. The summed E-state index contributed by atoms with van der Waals surface area (Å²) in [6.07, 6.45) is 2.18. The van der Waals surface area contributed by atoms with Crippen LogP contribution in [0.15, 0.2) is 108 Å². The van der Waals surface area contributed by atoms with Crippen LogP contribution in [0, 0.1) is 0 Å². The number of nitrogens with zero attached hydrogens (tertiary/aromatic N) is 2. The third kappa shape index (κ3) is 8.95. The molecule has 0 aliphatic heterocycles. The Hall–Kier alpha value is -3.38. The molecule has 244 valence electrons. The van der Waals surface area contributed by atoms with Gasteiger partial charge in [0.2, 0.25) is 0 Å². The van der Waals surface area contributed by atoms with Crippen LogP contribution in [0.25, 0.3) is 11.1 Å². The second-order valence-electron chi connectivity index (χ2n) is 13.6. The molecule has 4 rings (SSSR count). The van der Waals surface area contributed by atoms with E-state index in [1.54, 1.807) is 0 Å². The van der Waals surface area contributed by atoms with Crippen LogP contribution in [0.3, 0.4) is 0 Å². The van der Waals surface area contributed by atoms with E-state index in [1.807, 2.05) is 42.5 Å². The summed E-state index contributed by atoms with van der Waals surface area (Å²) < 4.78 is 8.87. The Labute approximate surface area is 291 Å². The van der Waals surface area contributed by atoms with Crippen molar-refractivity contribution in [3.63, 3.8) is 0 Å². The number of hydrogen-bond acceptors (Lipinski definition) is 4. The molecule has 0 aromatic heterocycles. The second-order valence-corrected chi connectivity index (χ2v) is 15.4. The summed E-state index contributed by atoms with van der Waals surface area (Å²) in [5.74, 6) is 1.37. The van der Waals surface area contributed by atoms with Crippen LogP contribution >= 0.6 is 0 Å². The first-order chi connectivity index (χ1) is 22.4. The van der Waals surface area contributed by atoms with Crippen molar-refractivity contribution < 1.29 is 8.71 Å². The van der Waals surface area contributed by atoms with Gasteiger partial charge in [0.1, 0.15) is 0 Å². The van der Waals surface area contributed by atoms with E-state index in [4.69, 9.17) is 8.67 Å². The summed E-state index contributed by atoms with van der Waals surface area (Å²) in [5.41, 5.74) is 12.2. The molecule has 6 heteroatoms. The SMILES string of the molecule is CC(/C=C(/C)[N]([Ge][O]B(O)c1ccccc1-c1ccccc1)c1c(C(C)C)cccc1C(C)C)=Nc1c(C(C)C)cccc1C(C)C. The molecular formula is C41H51BGeN2O2. The minimum atomic E-state index is -1.34. The summed E-state index contributed by atoms with van der Waals surface area (Å²) in [7, 11) is -1.06. The van der Waals surface area contributed by atoms with Crippen LogP contribution in [-0.4, -0.2) is 33.8 Å². The van der Waals surface area contributed by atoms with Crippen LogP contribution in [0.1, 0.15) is 115 Å². The van der Waals surface area contributed by atoms with Gasteiger partial charge >= 0.3 is 292 Å². The van der Waals surface area contributed by atoms with E-state index in [9.17, 15) is 5.02 Å². The van der Waals surface area contributed by atoms with Crippen molar-refractivity contribution in [3.8, 4) is 11.1 Å². The van der Waals surface area contributed by atoms with Gasteiger partial charge in [0.25, 0.3) is 0 Å². The zero-order valence-corrected chi connectivity index (χ0v) is 32.0. The maximum absolute atomic E-state index is 11.6. The van der Waals surface area contributed by atoms with Gasteiger partial charge in [-0.25, -0.2) is 0 Å². The number of hydrogen-bond donors (Lipinski definition) is 1. The van der Waals surface area contributed by atoms with Gasteiger partial charge in [-0.1, -0.05) is 0 Å². The van der Waals surface area contributed by atoms with Gasteiger partial charge < -0.3 is 0 Å². The molecule has 4 aromatic carbocycles. The predicted molar refractivity (Wildman–Crippen MR) is 205 cm³/mol. The number of benzene rings is 4. The summed E-state index contributed by atoms with van der Waals surface area (Å²) in [6, 6.07) is 31.3. The quantitative estimate of drug-likeness (QED) is 0.112. The van der Waals surface area contributed by atoms with Crippen molar-refractivity contribution in [3.05, 3.63) is 125 Å². The van der Waals surface area contributed by atoms with E-state index < -0.39 is 23.1 Å². The molecule has 0 fully saturated rings. The standard InChI is InChI=1S/C41H51BGeN2O2/c1-27(2)34-21-16-22-35(28(3)4)40(34)44-31(9)26-32(10)45(41-36(29(5)6)23-17-24-37(41)30(7)8)43-47-42(46)39-25-15-14-20-38(39)33-18-12-11-13-19-33/h11-30,46H,1-10H3/b32-26-,44-31?. The van der Waals surface area contributed by atoms with Crippen LogP contribution in [0.4, 0.5) is 11.4 Å². The second kappa shape index (κ2) is 16.6. The molecular weight excluding hydrogens is 636 g/mol. The first-order valence-electron chi connectivity index (χ1n) is 16.9. The number of para-hydroxylation sites is 2. The molecule has 4 nitrogen and oxygen atoms in total. The van der Waals surface area contributed by atoms with Crippen molar-refractivity contribution in [2.45, 2.75) is 92.9 Å². The zero-order valence-electron chi connectivity index (χ0n) is 29.9. The third-order valence-corrected chi connectivity index (χ3v) is 10.8. The minimum absolute atomic E-state index is 0.315. The summed E-state index contributed by atoms with van der Waals surface area (Å²) in [4.78, 5) is 5.26. The predicted octanol–water partition coefficient (Wildman–Crippen LogP) is 10.3. The first kappa shape index (κ1) is 36.5. The van der Waals surface area contributed by atoms with Gasteiger partial charge in [0.15, 0.2) is 0 Å². The molecule has 1 N–H and O–H groups in total. The zero-order chi connectivity index (χ0) is 34.2. The fourth-order valence-electron chi connectivity index (χ4n) is 6.04. The van der Waals surface area contributed by atoms with E-state index in [1.165, 1.54) is 27.9 Å². The van der Waals surface area contributed by atoms with Crippen LogP contribution in [-0.2, 0) is 3.68 Å². The normalized spacial score (nSPS) is 12.5. The Morgan fingerprint density at radius 3 is 1.70 bits per heavy atom. The molecule has 0 heterocycles. The average molecular weight is 687 g/mol. The summed E-state index contributed by atoms with van der Waals surface area (Å²) in [5, 5.41) is 11.6. The fraction of sp³-hybridized carbons (Fsp3) is 0.341. The van der Waals surface area contributed by atoms with Crippen molar-refractivity contribution in [2.24, 2.45) is 4.99 Å². The Kier molecular flexibility index (Phi) is 12.9. The molecule has 0 amide bonds. The summed E-state index contributed by atoms with van der Waals surface area (Å²) in [6.45, 7) is 22.1. The molecule has 0 atom stereocenters. The Balaban J connectivity index is 1.80. The topological polar surface area (TPSA) is 45.1 Å². The molecule has 4 aromatic rings. The number of rotatable bonds is 13. The molecule has 0 saturated heterocycles. The van der Waals surface area contributed by atoms with Gasteiger partial charge in [-0.2, -0.15) is 0 Å². The van der Waals surface area contributed by atoms with Gasteiger partial charge in [-0.15, -0.1) is 0 Å². The maximum atomic E-state index is 11.6. The third-order valence-electron chi connectivity index (χ3n) is 8.53. The molecule has 0 spiro atoms. The van der Waals surface area contributed by atoms with E-state index in [2.05, 4.69) is 128 Å². The molecule has 2 radical (unpaired) electrons. The van der Waals surface area contributed by atoms with Crippen molar-refractivity contribution >= 4 is 45.7 Å². The van der Waals surface area contributed by atoms with E-state index in [0.29, 0.717) is 23.7 Å². The Bertz CT molecular complexity index is 1640. The van der Waals surface area contributed by atoms with Gasteiger partial charge in [-0.3, -0.25) is 0 Å². The molecule has 0 aliphatic rings. The summed E-state index contributed by atoms with van der Waals surface area (Å²) >= 11 is -1.34. The van der Waals surface area contributed by atoms with Gasteiger partial charge in [0, 0.05) is 0 Å². The monoisotopic (exact) mass is 688 g/mol. The van der Waals surface area contributed by atoms with Crippen molar-refractivity contribution in [2.75, 3.05) is 3.86 Å². The van der Waals surface area contributed by atoms with E-state index in [0.717, 1.165) is 33.7 Å². The number of aliphatic imine (C=N–C) groups is 1. The van der Waals surface area contributed by atoms with Gasteiger partial charge in [-0.05, 0) is 0 Å². The fourth-order valence-corrected chi connectivity index (χ4v) is 7.91.